The zero-order valence-corrected chi connectivity index (χ0v) is 8.93. The molecule has 0 aromatic heterocycles. The number of rotatable bonds is 1. The van der Waals surface area contributed by atoms with Crippen LogP contribution in [-0.4, -0.2) is 15.6 Å². The number of nitrogens with zero attached hydrogens (tertiary/aromatic N) is 1. The second-order valence-corrected chi connectivity index (χ2v) is 4.14. The predicted octanol–water partition coefficient (Wildman–Crippen LogP) is 2.48. The lowest BCUT2D eigenvalue weighted by Gasteiger charge is -2.27. The fourth-order valence-electron chi connectivity index (χ4n) is 1.58. The van der Waals surface area contributed by atoms with Gasteiger partial charge >= 0.3 is 5.69 Å². The largest absolute Gasteiger partial charge is 0.502 e. The van der Waals surface area contributed by atoms with Gasteiger partial charge in [-0.1, -0.05) is 0 Å². The Bertz CT molecular complexity index is 491. The number of benzene rings is 1. The molecule has 0 aliphatic carbocycles. The molecular weight excluding hydrogens is 210 g/mol. The van der Waals surface area contributed by atoms with Gasteiger partial charge in [0, 0.05) is 6.07 Å². The summed E-state index contributed by atoms with van der Waals surface area (Å²) in [4.78, 5) is 9.99. The number of phenols is 1. The quantitative estimate of drug-likeness (QED) is 0.584. The van der Waals surface area contributed by atoms with Crippen LogP contribution in [-0.2, 0) is 0 Å². The fourth-order valence-corrected chi connectivity index (χ4v) is 1.58. The van der Waals surface area contributed by atoms with Crippen molar-refractivity contribution in [3.8, 4) is 11.5 Å². The molecule has 5 nitrogen and oxygen atoms in total. The zero-order chi connectivity index (χ0) is 11.9. The van der Waals surface area contributed by atoms with Gasteiger partial charge in [-0.15, -0.1) is 0 Å². The molecule has 16 heavy (non-hydrogen) atoms. The monoisotopic (exact) mass is 221 g/mol. The van der Waals surface area contributed by atoms with Gasteiger partial charge in [0.1, 0.15) is 11.4 Å². The van der Waals surface area contributed by atoms with E-state index in [9.17, 15) is 15.2 Å². The molecule has 0 unspecified atom stereocenters. The van der Waals surface area contributed by atoms with Crippen LogP contribution in [0, 0.1) is 10.1 Å². The maximum Gasteiger partial charge on any atom is 0.311 e. The molecule has 84 valence electrons. The lowest BCUT2D eigenvalue weighted by atomic mass is 10.0. The minimum atomic E-state index is -0.622. The molecule has 0 spiro atoms. The summed E-state index contributed by atoms with van der Waals surface area (Å²) < 4.78 is 5.57. The van der Waals surface area contributed by atoms with Crippen molar-refractivity contribution in [3.05, 3.63) is 33.9 Å². The smallest absolute Gasteiger partial charge is 0.311 e. The third-order valence-corrected chi connectivity index (χ3v) is 2.38. The van der Waals surface area contributed by atoms with Crippen molar-refractivity contribution >= 4 is 11.8 Å². The molecular formula is C11H11NO4. The highest BCUT2D eigenvalue weighted by Crippen LogP contribution is 2.41. The van der Waals surface area contributed by atoms with E-state index in [0.717, 1.165) is 0 Å². The van der Waals surface area contributed by atoms with E-state index in [4.69, 9.17) is 4.74 Å². The minimum absolute atomic E-state index is 0.313. The fraction of sp³-hybridized carbons (Fsp3) is 0.273. The Morgan fingerprint density at radius 1 is 1.44 bits per heavy atom. The summed E-state index contributed by atoms with van der Waals surface area (Å²) in [5.41, 5.74) is -0.421. The van der Waals surface area contributed by atoms with Crippen molar-refractivity contribution < 1.29 is 14.8 Å². The molecule has 1 N–H and O–H groups in total. The molecule has 1 aliphatic rings. The molecule has 0 saturated carbocycles. The van der Waals surface area contributed by atoms with Gasteiger partial charge in [-0.2, -0.15) is 0 Å². The maximum atomic E-state index is 10.6. The van der Waals surface area contributed by atoms with Crippen molar-refractivity contribution in [2.24, 2.45) is 0 Å². The summed E-state index contributed by atoms with van der Waals surface area (Å²) in [5, 5.41) is 20.3. The molecule has 0 amide bonds. The number of aromatic hydroxyl groups is 1. The first-order chi connectivity index (χ1) is 7.41. The van der Waals surface area contributed by atoms with Crippen LogP contribution in [0.5, 0.6) is 11.5 Å². The first-order valence-corrected chi connectivity index (χ1v) is 4.79. The van der Waals surface area contributed by atoms with E-state index in [1.165, 1.54) is 12.1 Å². The molecule has 0 fully saturated rings. The average Bonchev–Trinajstić information content (AvgIpc) is 2.15. The predicted molar refractivity (Wildman–Crippen MR) is 58.5 cm³/mol. The number of fused-ring (bicyclic) bond motifs is 1. The Morgan fingerprint density at radius 2 is 2.12 bits per heavy atom. The number of ether oxygens (including phenoxy) is 1. The van der Waals surface area contributed by atoms with Gasteiger partial charge in [0.25, 0.3) is 0 Å². The highest BCUT2D eigenvalue weighted by atomic mass is 16.6. The highest BCUT2D eigenvalue weighted by Gasteiger charge is 2.27. The molecule has 0 saturated heterocycles. The molecule has 1 aromatic carbocycles. The number of hydrogen-bond donors (Lipinski definition) is 1. The molecule has 0 atom stereocenters. The van der Waals surface area contributed by atoms with E-state index in [-0.39, 0.29) is 11.4 Å². The molecule has 2 rings (SSSR count). The summed E-state index contributed by atoms with van der Waals surface area (Å²) in [6.45, 7) is 3.73. The number of nitro groups is 1. The van der Waals surface area contributed by atoms with Gasteiger partial charge < -0.3 is 9.84 Å². The van der Waals surface area contributed by atoms with Crippen LogP contribution in [0.4, 0.5) is 5.69 Å². The third-order valence-electron chi connectivity index (χ3n) is 2.38. The summed E-state index contributed by atoms with van der Waals surface area (Å²) in [5.74, 6) is 0.102. The Hall–Kier alpha value is -2.04. The summed E-state index contributed by atoms with van der Waals surface area (Å²) in [7, 11) is 0. The summed E-state index contributed by atoms with van der Waals surface area (Å²) >= 11 is 0. The standard InChI is InChI=1S/C11H11NO4/c1-11(2)6-5-7-9(16-11)4-3-8(10(7)13)12(14)15/h3-6,13H,1-2H3. The topological polar surface area (TPSA) is 72.6 Å². The van der Waals surface area contributed by atoms with E-state index in [1.807, 2.05) is 13.8 Å². The molecule has 1 aliphatic heterocycles. The molecule has 0 bridgehead atoms. The van der Waals surface area contributed by atoms with Gasteiger partial charge in [-0.05, 0) is 32.1 Å². The minimum Gasteiger partial charge on any atom is -0.502 e. The van der Waals surface area contributed by atoms with Gasteiger partial charge in [0.2, 0.25) is 5.75 Å². The molecule has 1 heterocycles. The van der Waals surface area contributed by atoms with Gasteiger partial charge in [-0.25, -0.2) is 0 Å². The maximum absolute atomic E-state index is 10.6. The first kappa shape index (κ1) is 10.5. The highest BCUT2D eigenvalue weighted by molar-refractivity contribution is 5.71. The van der Waals surface area contributed by atoms with Crippen LogP contribution in [0.2, 0.25) is 0 Å². The van der Waals surface area contributed by atoms with Crippen LogP contribution >= 0.6 is 0 Å². The molecule has 1 aromatic rings. The summed E-state index contributed by atoms with van der Waals surface area (Å²) in [6.07, 6.45) is 3.39. The zero-order valence-electron chi connectivity index (χ0n) is 8.93. The number of phenolic OH excluding ortho intramolecular Hbond substituents is 1. The average molecular weight is 221 g/mol. The van der Waals surface area contributed by atoms with E-state index in [2.05, 4.69) is 0 Å². The van der Waals surface area contributed by atoms with Crippen molar-refractivity contribution in [2.75, 3.05) is 0 Å². The van der Waals surface area contributed by atoms with Crippen LogP contribution in [0.15, 0.2) is 18.2 Å². The van der Waals surface area contributed by atoms with E-state index in [0.29, 0.717) is 11.3 Å². The Labute approximate surface area is 92.1 Å². The van der Waals surface area contributed by atoms with Crippen LogP contribution in [0.25, 0.3) is 6.08 Å². The Kier molecular flexibility index (Phi) is 2.11. The second kappa shape index (κ2) is 3.23. The van der Waals surface area contributed by atoms with Crippen molar-refractivity contribution in [1.29, 1.82) is 0 Å². The second-order valence-electron chi connectivity index (χ2n) is 4.14. The number of hydrogen-bond acceptors (Lipinski definition) is 4. The SMILES string of the molecule is CC1(C)C=Cc2c(ccc([N+](=O)[O-])c2O)O1. The third kappa shape index (κ3) is 1.60. The van der Waals surface area contributed by atoms with Crippen LogP contribution in [0.3, 0.4) is 0 Å². The first-order valence-electron chi connectivity index (χ1n) is 4.79. The van der Waals surface area contributed by atoms with E-state index in [1.54, 1.807) is 12.2 Å². The lowest BCUT2D eigenvalue weighted by Crippen LogP contribution is -2.27. The van der Waals surface area contributed by atoms with Crippen LogP contribution < -0.4 is 4.74 Å². The normalized spacial score (nSPS) is 16.4. The van der Waals surface area contributed by atoms with Gasteiger partial charge in [-0.3, -0.25) is 10.1 Å². The Morgan fingerprint density at radius 3 is 2.75 bits per heavy atom. The van der Waals surface area contributed by atoms with E-state index < -0.39 is 10.5 Å². The van der Waals surface area contributed by atoms with Crippen molar-refractivity contribution in [1.82, 2.24) is 0 Å². The summed E-state index contributed by atoms with van der Waals surface area (Å²) in [6, 6.07) is 2.74. The van der Waals surface area contributed by atoms with E-state index >= 15 is 0 Å². The van der Waals surface area contributed by atoms with Crippen molar-refractivity contribution in [2.45, 2.75) is 19.4 Å². The van der Waals surface area contributed by atoms with Gasteiger partial charge in [0.15, 0.2) is 0 Å². The molecule has 5 heteroatoms. The number of nitro benzene ring substituents is 1. The van der Waals surface area contributed by atoms with Gasteiger partial charge in [0.05, 0.1) is 10.5 Å². The molecule has 0 radical (unpaired) electrons. The van der Waals surface area contributed by atoms with Crippen LogP contribution in [0.1, 0.15) is 19.4 Å². The lowest BCUT2D eigenvalue weighted by molar-refractivity contribution is -0.385. The Balaban J connectivity index is 2.57. The van der Waals surface area contributed by atoms with Crippen molar-refractivity contribution in [3.63, 3.8) is 0 Å².